The molecular formula is C19H21BrN4O4. The maximum Gasteiger partial charge on any atom is 0.331 e. The molecule has 1 atom stereocenters. The van der Waals surface area contributed by atoms with Crippen LogP contribution in [0.1, 0.15) is 18.9 Å². The van der Waals surface area contributed by atoms with Crippen LogP contribution in [-0.4, -0.2) is 31.9 Å². The van der Waals surface area contributed by atoms with Crippen LogP contribution in [0.15, 0.2) is 58.7 Å². The number of anilines is 1. The van der Waals surface area contributed by atoms with Crippen molar-refractivity contribution >= 4 is 33.7 Å². The summed E-state index contributed by atoms with van der Waals surface area (Å²) in [6.45, 7) is 1.97. The van der Waals surface area contributed by atoms with Gasteiger partial charge in [-0.15, -0.1) is 0 Å². The van der Waals surface area contributed by atoms with Gasteiger partial charge in [-0.05, 0) is 25.0 Å². The summed E-state index contributed by atoms with van der Waals surface area (Å²) in [6, 6.07) is 9.57. The summed E-state index contributed by atoms with van der Waals surface area (Å²) in [5.74, 6) is -1.49. The predicted molar refractivity (Wildman–Crippen MR) is 109 cm³/mol. The second-order valence-electron chi connectivity index (χ2n) is 6.33. The van der Waals surface area contributed by atoms with E-state index in [0.717, 1.165) is 11.3 Å². The summed E-state index contributed by atoms with van der Waals surface area (Å²) >= 11 is 3.13. The number of aromatic nitrogens is 2. The molecule has 0 fully saturated rings. The van der Waals surface area contributed by atoms with Crippen molar-refractivity contribution in [2.45, 2.75) is 19.9 Å². The van der Waals surface area contributed by atoms with Crippen LogP contribution in [0.3, 0.4) is 0 Å². The largest absolute Gasteiger partial charge is 0.481 e. The van der Waals surface area contributed by atoms with E-state index in [1.165, 1.54) is 19.1 Å². The minimum Gasteiger partial charge on any atom is -0.481 e. The van der Waals surface area contributed by atoms with Crippen molar-refractivity contribution in [3.05, 3.63) is 64.3 Å². The zero-order valence-electron chi connectivity index (χ0n) is 15.2. The highest BCUT2D eigenvalue weighted by molar-refractivity contribution is 9.11. The Balaban J connectivity index is 0.000000200. The van der Waals surface area contributed by atoms with Gasteiger partial charge < -0.3 is 21.7 Å². The molecule has 1 aliphatic carbocycles. The van der Waals surface area contributed by atoms with E-state index in [1.54, 1.807) is 16.9 Å². The first-order valence-electron chi connectivity index (χ1n) is 8.32. The van der Waals surface area contributed by atoms with Gasteiger partial charge in [0, 0.05) is 22.7 Å². The van der Waals surface area contributed by atoms with Gasteiger partial charge in [0.05, 0.1) is 11.9 Å². The monoisotopic (exact) mass is 448 g/mol. The molecule has 0 saturated heterocycles. The number of nitrogen functional groups attached to an aromatic ring is 1. The minimum absolute atomic E-state index is 0.00521. The van der Waals surface area contributed by atoms with Gasteiger partial charge in [0.1, 0.15) is 11.2 Å². The van der Waals surface area contributed by atoms with Gasteiger partial charge in [-0.1, -0.05) is 46.3 Å². The smallest absolute Gasteiger partial charge is 0.331 e. The topological polar surface area (TPSA) is 144 Å². The zero-order valence-corrected chi connectivity index (χ0v) is 16.8. The average molecular weight is 449 g/mol. The SMILES string of the molecule is CC1(C(=O)O)CC(C(=O)O)=CC=C1Br.NCc1ccccc1-n1nccc1N. The Morgan fingerprint density at radius 2 is 1.93 bits per heavy atom. The van der Waals surface area contributed by atoms with Crippen LogP contribution in [0.25, 0.3) is 5.69 Å². The number of nitrogens with two attached hydrogens (primary N) is 2. The lowest BCUT2D eigenvalue weighted by atomic mass is 9.80. The third-order valence-electron chi connectivity index (χ3n) is 4.36. The maximum absolute atomic E-state index is 11.0. The Morgan fingerprint density at radius 1 is 1.25 bits per heavy atom. The third kappa shape index (κ3) is 4.49. The molecule has 1 aliphatic rings. The molecule has 0 radical (unpaired) electrons. The summed E-state index contributed by atoms with van der Waals surface area (Å²) in [7, 11) is 0. The van der Waals surface area contributed by atoms with Crippen molar-refractivity contribution in [3.63, 3.8) is 0 Å². The first-order valence-corrected chi connectivity index (χ1v) is 9.11. The standard InChI is InChI=1S/C10H12N4.C9H9BrO4/c11-7-8-3-1-2-4-9(8)14-10(12)5-6-13-14;1-9(8(13)14)4-5(7(11)12)2-3-6(9)10/h1-6H,7,11-12H2;2-3H,4H2,1H3,(H,11,12)(H,13,14). The minimum atomic E-state index is -1.16. The Kier molecular flexibility index (Phi) is 6.76. The number of hydrogen-bond acceptors (Lipinski definition) is 5. The van der Waals surface area contributed by atoms with Crippen LogP contribution in [0.2, 0.25) is 0 Å². The second kappa shape index (κ2) is 8.85. The number of carbonyl (C=O) groups is 2. The molecule has 0 aliphatic heterocycles. The van der Waals surface area contributed by atoms with Gasteiger partial charge >= 0.3 is 11.9 Å². The fraction of sp³-hybridized carbons (Fsp3) is 0.211. The number of para-hydroxylation sites is 1. The number of nitrogens with zero attached hydrogens (tertiary/aromatic N) is 2. The van der Waals surface area contributed by atoms with E-state index in [0.29, 0.717) is 16.8 Å². The number of carboxylic acids is 2. The molecule has 6 N–H and O–H groups in total. The van der Waals surface area contributed by atoms with E-state index < -0.39 is 17.4 Å². The fourth-order valence-corrected chi connectivity index (χ4v) is 3.05. The number of halogens is 1. The van der Waals surface area contributed by atoms with Gasteiger partial charge in [-0.3, -0.25) is 4.79 Å². The maximum atomic E-state index is 11.0. The Bertz CT molecular complexity index is 951. The van der Waals surface area contributed by atoms with E-state index in [-0.39, 0.29) is 12.0 Å². The van der Waals surface area contributed by atoms with Gasteiger partial charge in [0.25, 0.3) is 0 Å². The molecule has 0 amide bonds. The molecule has 1 aromatic carbocycles. The van der Waals surface area contributed by atoms with E-state index >= 15 is 0 Å². The molecule has 3 rings (SSSR count). The number of benzene rings is 1. The highest BCUT2D eigenvalue weighted by Gasteiger charge is 2.39. The summed E-state index contributed by atoms with van der Waals surface area (Å²) in [5.41, 5.74) is 12.3. The number of allylic oxidation sites excluding steroid dienone is 2. The van der Waals surface area contributed by atoms with Crippen LogP contribution in [0, 0.1) is 5.41 Å². The first kappa shape index (κ1) is 21.4. The lowest BCUT2D eigenvalue weighted by Crippen LogP contribution is -2.31. The van der Waals surface area contributed by atoms with Gasteiger partial charge in [0.2, 0.25) is 0 Å². The van der Waals surface area contributed by atoms with Crippen LogP contribution >= 0.6 is 15.9 Å². The van der Waals surface area contributed by atoms with Gasteiger partial charge in [-0.25, -0.2) is 9.48 Å². The van der Waals surface area contributed by atoms with Crippen molar-refractivity contribution in [2.24, 2.45) is 11.1 Å². The molecule has 148 valence electrons. The molecule has 2 aromatic rings. The Hall–Kier alpha value is -2.91. The number of hydrogen-bond donors (Lipinski definition) is 4. The van der Waals surface area contributed by atoms with Gasteiger partial charge in [0.15, 0.2) is 0 Å². The molecule has 1 heterocycles. The van der Waals surface area contributed by atoms with Crippen molar-refractivity contribution in [1.82, 2.24) is 9.78 Å². The number of carboxylic acid groups (broad SMARTS) is 2. The quantitative estimate of drug-likeness (QED) is 0.562. The number of aliphatic carboxylic acids is 2. The lowest BCUT2D eigenvalue weighted by Gasteiger charge is -2.27. The molecule has 1 unspecified atom stereocenters. The molecule has 28 heavy (non-hydrogen) atoms. The highest BCUT2D eigenvalue weighted by Crippen LogP contribution is 2.41. The lowest BCUT2D eigenvalue weighted by molar-refractivity contribution is -0.145. The molecule has 0 spiro atoms. The van der Waals surface area contributed by atoms with E-state index in [9.17, 15) is 9.59 Å². The second-order valence-corrected chi connectivity index (χ2v) is 7.18. The fourth-order valence-electron chi connectivity index (χ4n) is 2.61. The van der Waals surface area contributed by atoms with Crippen molar-refractivity contribution in [3.8, 4) is 5.69 Å². The van der Waals surface area contributed by atoms with Crippen LogP contribution in [0.4, 0.5) is 5.82 Å². The summed E-state index contributed by atoms with van der Waals surface area (Å²) < 4.78 is 2.17. The van der Waals surface area contributed by atoms with E-state index in [2.05, 4.69) is 21.0 Å². The zero-order chi connectivity index (χ0) is 20.9. The molecular weight excluding hydrogens is 428 g/mol. The van der Waals surface area contributed by atoms with Crippen LogP contribution in [-0.2, 0) is 16.1 Å². The van der Waals surface area contributed by atoms with Crippen LogP contribution in [0.5, 0.6) is 0 Å². The molecule has 1 aromatic heterocycles. The van der Waals surface area contributed by atoms with E-state index in [4.69, 9.17) is 21.7 Å². The van der Waals surface area contributed by atoms with Crippen molar-refractivity contribution in [1.29, 1.82) is 0 Å². The Labute approximate surface area is 170 Å². The summed E-state index contributed by atoms with van der Waals surface area (Å²) in [6.07, 6.45) is 4.55. The summed E-state index contributed by atoms with van der Waals surface area (Å²) in [4.78, 5) is 21.6. The molecule has 9 heteroatoms. The van der Waals surface area contributed by atoms with Gasteiger partial charge in [-0.2, -0.15) is 5.10 Å². The van der Waals surface area contributed by atoms with E-state index in [1.807, 2.05) is 24.3 Å². The molecule has 8 nitrogen and oxygen atoms in total. The van der Waals surface area contributed by atoms with Crippen molar-refractivity contribution < 1.29 is 19.8 Å². The summed E-state index contributed by atoms with van der Waals surface area (Å²) in [5, 5.41) is 21.8. The highest BCUT2D eigenvalue weighted by atomic mass is 79.9. The van der Waals surface area contributed by atoms with Crippen LogP contribution < -0.4 is 11.5 Å². The predicted octanol–water partition coefficient (Wildman–Crippen LogP) is 2.68. The average Bonchev–Trinajstić information content (AvgIpc) is 3.10. The molecule has 0 bridgehead atoms. The third-order valence-corrected chi connectivity index (χ3v) is 5.50. The Morgan fingerprint density at radius 3 is 2.46 bits per heavy atom. The molecule has 0 saturated carbocycles. The first-order chi connectivity index (χ1) is 13.2. The number of rotatable bonds is 4. The normalized spacial score (nSPS) is 18.4. The van der Waals surface area contributed by atoms with Crippen molar-refractivity contribution in [2.75, 3.05) is 5.73 Å².